The largest absolute Gasteiger partial charge is 0.495 e. The van der Waals surface area contributed by atoms with Crippen LogP contribution in [-0.2, 0) is 20.4 Å². The van der Waals surface area contributed by atoms with Gasteiger partial charge in [-0.1, -0.05) is 56.8 Å². The lowest BCUT2D eigenvalue weighted by Gasteiger charge is -2.36. The van der Waals surface area contributed by atoms with Gasteiger partial charge in [0.05, 0.1) is 22.8 Å². The average molecular weight is 512 g/mol. The fourth-order valence-electron chi connectivity index (χ4n) is 3.87. The summed E-state index contributed by atoms with van der Waals surface area (Å²) in [5, 5.41) is 0.753. The van der Waals surface area contributed by atoms with Gasteiger partial charge in [0.2, 0.25) is 5.91 Å². The van der Waals surface area contributed by atoms with Gasteiger partial charge in [0, 0.05) is 16.5 Å². The molecular weight excluding hydrogens is 481 g/mol. The van der Waals surface area contributed by atoms with Gasteiger partial charge in [-0.3, -0.25) is 4.79 Å². The van der Waals surface area contributed by atoms with E-state index in [4.69, 9.17) is 27.9 Å². The van der Waals surface area contributed by atoms with Crippen molar-refractivity contribution in [1.29, 1.82) is 0 Å². The summed E-state index contributed by atoms with van der Waals surface area (Å²) in [4.78, 5) is 15.4. The molecule has 0 radical (unpaired) electrons. The van der Waals surface area contributed by atoms with E-state index < -0.39 is 15.3 Å². The highest BCUT2D eigenvalue weighted by Crippen LogP contribution is 2.43. The summed E-state index contributed by atoms with van der Waals surface area (Å²) >= 11 is 12.6. The highest BCUT2D eigenvalue weighted by atomic mass is 35.5. The molecule has 0 aromatic heterocycles. The van der Waals surface area contributed by atoms with E-state index in [-0.39, 0.29) is 27.6 Å². The normalized spacial score (nSPS) is 15.2. The Labute approximate surface area is 206 Å². The molecule has 180 valence electrons. The van der Waals surface area contributed by atoms with Crippen LogP contribution in [0.15, 0.2) is 41.3 Å². The lowest BCUT2D eigenvalue weighted by molar-refractivity contribution is -0.126. The van der Waals surface area contributed by atoms with Crippen LogP contribution in [0.2, 0.25) is 10.0 Å². The Bertz CT molecular complexity index is 1120. The number of benzene rings is 2. The third-order valence-electron chi connectivity index (χ3n) is 5.75. The Hall–Kier alpha value is -1.76. The molecule has 0 aliphatic heterocycles. The average Bonchev–Trinajstić information content (AvgIpc) is 3.52. The predicted molar refractivity (Wildman–Crippen MR) is 134 cm³/mol. The molecule has 2 aromatic carbocycles. The Morgan fingerprint density at radius 3 is 2.27 bits per heavy atom. The zero-order chi connectivity index (χ0) is 24.6. The van der Waals surface area contributed by atoms with Crippen molar-refractivity contribution >= 4 is 44.6 Å². The first-order chi connectivity index (χ1) is 15.3. The molecule has 1 saturated carbocycles. The van der Waals surface area contributed by atoms with E-state index in [0.717, 1.165) is 6.42 Å². The van der Waals surface area contributed by atoms with Crippen molar-refractivity contribution in [2.45, 2.75) is 63.6 Å². The van der Waals surface area contributed by atoms with Crippen LogP contribution in [0, 0.1) is 11.3 Å². The summed E-state index contributed by atoms with van der Waals surface area (Å²) in [7, 11) is -2.12. The molecule has 1 fully saturated rings. The molecule has 0 saturated heterocycles. The van der Waals surface area contributed by atoms with Crippen LogP contribution in [0.3, 0.4) is 0 Å². The second kappa shape index (κ2) is 9.85. The van der Waals surface area contributed by atoms with Crippen LogP contribution in [0.1, 0.15) is 52.5 Å². The molecule has 0 N–H and O–H groups in total. The summed E-state index contributed by atoms with van der Waals surface area (Å²) < 4.78 is 31.5. The van der Waals surface area contributed by atoms with E-state index in [0.29, 0.717) is 27.9 Å². The smallest absolute Gasteiger partial charge is 0.232 e. The van der Waals surface area contributed by atoms with Gasteiger partial charge in [-0.2, -0.15) is 0 Å². The zero-order valence-corrected chi connectivity index (χ0v) is 22.0. The second-order valence-electron chi connectivity index (χ2n) is 9.79. The summed E-state index contributed by atoms with van der Waals surface area (Å²) in [6, 6.07) is 9.24. The van der Waals surface area contributed by atoms with E-state index >= 15 is 0 Å². The summed E-state index contributed by atoms with van der Waals surface area (Å²) in [5.41, 5.74) is 0.344. The fourth-order valence-corrected chi connectivity index (χ4v) is 5.64. The minimum absolute atomic E-state index is 0.0580. The number of ether oxygens (including phenoxy) is 1. The minimum atomic E-state index is -3.62. The number of nitrogens with zero attached hydrogens (tertiary/aromatic N) is 1. The van der Waals surface area contributed by atoms with Crippen LogP contribution in [0.4, 0.5) is 5.69 Å². The van der Waals surface area contributed by atoms with Gasteiger partial charge in [-0.05, 0) is 61.2 Å². The number of carbonyl (C=O) groups is 1. The lowest BCUT2D eigenvalue weighted by atomic mass is 9.92. The highest BCUT2D eigenvalue weighted by Gasteiger charge is 2.37. The number of anilines is 1. The molecule has 2 aromatic rings. The first kappa shape index (κ1) is 25.9. The topological polar surface area (TPSA) is 63.7 Å². The number of carbonyl (C=O) groups excluding carboxylic acids is 1. The van der Waals surface area contributed by atoms with Crippen molar-refractivity contribution in [2.24, 2.45) is 11.3 Å². The van der Waals surface area contributed by atoms with E-state index in [1.54, 1.807) is 29.2 Å². The number of methoxy groups -OCH3 is 1. The maximum Gasteiger partial charge on any atom is 0.232 e. The Morgan fingerprint density at radius 1 is 1.15 bits per heavy atom. The SMILES string of the molecule is COc1cc(CS(=O)(=O)c2ccc(Cl)cc2)cc(Cl)c1N(C(=O)C(C)(C)C)C(C)CC1CC1. The van der Waals surface area contributed by atoms with E-state index in [1.807, 2.05) is 27.7 Å². The fraction of sp³-hybridized carbons (Fsp3) is 0.480. The lowest BCUT2D eigenvalue weighted by Crippen LogP contribution is -2.45. The van der Waals surface area contributed by atoms with Gasteiger partial charge in [-0.25, -0.2) is 8.42 Å². The van der Waals surface area contributed by atoms with Gasteiger partial charge >= 0.3 is 0 Å². The Kier molecular flexibility index (Phi) is 7.72. The molecule has 3 rings (SSSR count). The van der Waals surface area contributed by atoms with Crippen LogP contribution >= 0.6 is 23.2 Å². The minimum Gasteiger partial charge on any atom is -0.495 e. The second-order valence-corrected chi connectivity index (χ2v) is 12.6. The van der Waals surface area contributed by atoms with E-state index in [9.17, 15) is 13.2 Å². The standard InChI is InChI=1S/C25H31Cl2NO4S/c1-16(12-17-6-7-17)28(24(29)25(2,3)4)23-21(27)13-18(14-22(23)32-5)15-33(30,31)20-10-8-19(26)9-11-20/h8-11,13-14,16-17H,6-7,12,15H2,1-5H3. The maximum absolute atomic E-state index is 13.5. The summed E-state index contributed by atoms with van der Waals surface area (Å²) in [6.45, 7) is 7.65. The molecule has 5 nitrogen and oxygen atoms in total. The van der Waals surface area contributed by atoms with Crippen molar-refractivity contribution in [2.75, 3.05) is 12.0 Å². The number of amides is 1. The number of sulfone groups is 1. The van der Waals surface area contributed by atoms with Crippen LogP contribution in [-0.4, -0.2) is 27.5 Å². The molecule has 33 heavy (non-hydrogen) atoms. The quantitative estimate of drug-likeness (QED) is 0.403. The molecular formula is C25H31Cl2NO4S. The number of rotatable bonds is 8. The molecule has 0 spiro atoms. The molecule has 1 atom stereocenters. The molecule has 1 aliphatic rings. The van der Waals surface area contributed by atoms with Crippen LogP contribution in [0.25, 0.3) is 0 Å². The summed E-state index contributed by atoms with van der Waals surface area (Å²) in [5.74, 6) is 0.681. The molecule has 0 heterocycles. The highest BCUT2D eigenvalue weighted by molar-refractivity contribution is 7.90. The molecule has 8 heteroatoms. The third-order valence-corrected chi connectivity index (χ3v) is 7.99. The third kappa shape index (κ3) is 6.23. The van der Waals surface area contributed by atoms with Gasteiger partial charge < -0.3 is 9.64 Å². The number of halogens is 2. The zero-order valence-electron chi connectivity index (χ0n) is 19.7. The number of hydrogen-bond donors (Lipinski definition) is 0. The number of hydrogen-bond acceptors (Lipinski definition) is 4. The van der Waals surface area contributed by atoms with Gasteiger partial charge in [-0.15, -0.1) is 0 Å². The molecule has 1 amide bonds. The van der Waals surface area contributed by atoms with Gasteiger partial charge in [0.25, 0.3) is 0 Å². The van der Waals surface area contributed by atoms with E-state index in [2.05, 4.69) is 0 Å². The van der Waals surface area contributed by atoms with Crippen LogP contribution < -0.4 is 9.64 Å². The van der Waals surface area contributed by atoms with Crippen molar-refractivity contribution in [1.82, 2.24) is 0 Å². The maximum atomic E-state index is 13.5. The summed E-state index contributed by atoms with van der Waals surface area (Å²) in [6.07, 6.45) is 3.23. The van der Waals surface area contributed by atoms with Gasteiger partial charge in [0.15, 0.2) is 9.84 Å². The monoisotopic (exact) mass is 511 g/mol. The van der Waals surface area contributed by atoms with Gasteiger partial charge in [0.1, 0.15) is 11.4 Å². The van der Waals surface area contributed by atoms with Crippen molar-refractivity contribution in [3.63, 3.8) is 0 Å². The van der Waals surface area contributed by atoms with Crippen molar-refractivity contribution in [3.8, 4) is 5.75 Å². The molecule has 1 unspecified atom stereocenters. The molecule has 1 aliphatic carbocycles. The van der Waals surface area contributed by atoms with E-state index in [1.165, 1.54) is 32.1 Å². The first-order valence-corrected chi connectivity index (χ1v) is 13.4. The first-order valence-electron chi connectivity index (χ1n) is 11.0. The Balaban J connectivity index is 2.01. The van der Waals surface area contributed by atoms with Crippen LogP contribution in [0.5, 0.6) is 5.75 Å². The Morgan fingerprint density at radius 2 is 1.76 bits per heavy atom. The van der Waals surface area contributed by atoms with Crippen molar-refractivity contribution < 1.29 is 17.9 Å². The molecule has 0 bridgehead atoms. The predicted octanol–water partition coefficient (Wildman–Crippen LogP) is 6.54. The van der Waals surface area contributed by atoms with Crippen molar-refractivity contribution in [3.05, 3.63) is 52.0 Å².